The Balaban J connectivity index is 1.23. The van der Waals surface area contributed by atoms with Crippen LogP contribution in [0.5, 0.6) is 17.2 Å². The quantitative estimate of drug-likeness (QED) is 0.212. The number of carbonyl (C=O) groups is 1. The number of carbonyl (C=O) groups excluding carboxylic acids is 1. The first kappa shape index (κ1) is 29.2. The van der Waals surface area contributed by atoms with E-state index in [1.807, 2.05) is 73.7 Å². The standard InChI is InChI=1S/C36H35N3O5/c1-25-22-28-4-2-3-5-33(28)37-35(25)27-8-10-29(11-9-27)39(36(42)32-15-12-30(40)23-34(32)41)24-26-6-13-31(14-7-26)44-21-18-38-16-19-43-20-17-38/h2-15,22-23,40-41H,16-21,24H2,1H3. The van der Waals surface area contributed by atoms with Gasteiger partial charge in [0.2, 0.25) is 0 Å². The monoisotopic (exact) mass is 589 g/mol. The predicted octanol–water partition coefficient (Wildman–Crippen LogP) is 6.18. The van der Waals surface area contributed by atoms with Crippen molar-refractivity contribution in [3.8, 4) is 28.5 Å². The van der Waals surface area contributed by atoms with Crippen LogP contribution in [0.3, 0.4) is 0 Å². The summed E-state index contributed by atoms with van der Waals surface area (Å²) < 4.78 is 11.4. The SMILES string of the molecule is Cc1cc2ccccc2nc1-c1ccc(N(Cc2ccc(OCCN3CCOCC3)cc2)C(=O)c2ccc(O)cc2O)cc1. The van der Waals surface area contributed by atoms with E-state index in [0.29, 0.717) is 12.3 Å². The molecular formula is C36H35N3O5. The largest absolute Gasteiger partial charge is 0.508 e. The van der Waals surface area contributed by atoms with Gasteiger partial charge in [-0.1, -0.05) is 42.5 Å². The third-order valence-electron chi connectivity index (χ3n) is 7.87. The van der Waals surface area contributed by atoms with Gasteiger partial charge < -0.3 is 24.6 Å². The molecule has 6 rings (SSSR count). The molecule has 1 fully saturated rings. The van der Waals surface area contributed by atoms with E-state index in [9.17, 15) is 15.0 Å². The molecule has 1 aromatic heterocycles. The predicted molar refractivity (Wildman–Crippen MR) is 171 cm³/mol. The molecule has 44 heavy (non-hydrogen) atoms. The number of hydrogen-bond donors (Lipinski definition) is 2. The van der Waals surface area contributed by atoms with Gasteiger partial charge in [0, 0.05) is 42.3 Å². The summed E-state index contributed by atoms with van der Waals surface area (Å²) in [6, 6.07) is 29.6. The fourth-order valence-electron chi connectivity index (χ4n) is 5.43. The van der Waals surface area contributed by atoms with Crippen LogP contribution in [0.2, 0.25) is 0 Å². The summed E-state index contributed by atoms with van der Waals surface area (Å²) in [6.07, 6.45) is 0. The highest BCUT2D eigenvalue weighted by atomic mass is 16.5. The molecule has 1 saturated heterocycles. The molecule has 0 aliphatic carbocycles. The first-order valence-corrected chi connectivity index (χ1v) is 14.8. The summed E-state index contributed by atoms with van der Waals surface area (Å²) in [5, 5.41) is 21.4. The highest BCUT2D eigenvalue weighted by Gasteiger charge is 2.22. The first-order chi connectivity index (χ1) is 21.4. The van der Waals surface area contributed by atoms with E-state index in [1.165, 1.54) is 18.2 Å². The van der Waals surface area contributed by atoms with Gasteiger partial charge in [0.1, 0.15) is 23.9 Å². The van der Waals surface area contributed by atoms with Crippen LogP contribution in [0.25, 0.3) is 22.2 Å². The molecule has 8 heteroatoms. The summed E-state index contributed by atoms with van der Waals surface area (Å²) in [7, 11) is 0. The number of amides is 1. The summed E-state index contributed by atoms with van der Waals surface area (Å²) in [4.78, 5) is 22.7. The average Bonchev–Trinajstić information content (AvgIpc) is 3.04. The lowest BCUT2D eigenvalue weighted by molar-refractivity contribution is 0.0322. The number of nitrogens with zero attached hydrogens (tertiary/aromatic N) is 3. The lowest BCUT2D eigenvalue weighted by atomic mass is 10.0. The van der Waals surface area contributed by atoms with Crippen molar-refractivity contribution in [2.75, 3.05) is 44.4 Å². The molecule has 5 aromatic rings. The lowest BCUT2D eigenvalue weighted by Gasteiger charge is -2.26. The zero-order valence-electron chi connectivity index (χ0n) is 24.6. The van der Waals surface area contributed by atoms with Gasteiger partial charge in [0.15, 0.2) is 0 Å². The molecule has 1 aliphatic heterocycles. The number of para-hydroxylation sites is 1. The normalized spacial score (nSPS) is 13.6. The van der Waals surface area contributed by atoms with Gasteiger partial charge in [0.05, 0.1) is 36.5 Å². The number of hydrogen-bond acceptors (Lipinski definition) is 7. The maximum atomic E-state index is 13.8. The van der Waals surface area contributed by atoms with Crippen molar-refractivity contribution in [2.45, 2.75) is 13.5 Å². The average molecular weight is 590 g/mol. The summed E-state index contributed by atoms with van der Waals surface area (Å²) in [5.74, 6) is -0.0196. The minimum atomic E-state index is -0.388. The Hall–Kier alpha value is -4.92. The molecule has 4 aromatic carbocycles. The maximum Gasteiger partial charge on any atom is 0.262 e. The molecule has 0 spiro atoms. The van der Waals surface area contributed by atoms with E-state index in [-0.39, 0.29) is 29.5 Å². The number of fused-ring (bicyclic) bond motifs is 1. The van der Waals surface area contributed by atoms with Crippen molar-refractivity contribution >= 4 is 22.5 Å². The minimum Gasteiger partial charge on any atom is -0.508 e. The number of benzene rings is 4. The Morgan fingerprint density at radius 1 is 0.932 bits per heavy atom. The molecule has 1 aliphatic rings. The smallest absolute Gasteiger partial charge is 0.262 e. The van der Waals surface area contributed by atoms with Crippen molar-refractivity contribution in [3.05, 3.63) is 114 Å². The summed E-state index contributed by atoms with van der Waals surface area (Å²) in [5.41, 5.74) is 5.46. The number of morpholine rings is 1. The van der Waals surface area contributed by atoms with E-state index in [2.05, 4.69) is 17.0 Å². The molecule has 8 nitrogen and oxygen atoms in total. The number of pyridine rings is 1. The Labute approximate surface area is 256 Å². The Bertz CT molecular complexity index is 1750. The summed E-state index contributed by atoms with van der Waals surface area (Å²) in [6.45, 7) is 7.09. The molecule has 0 saturated carbocycles. The number of rotatable bonds is 9. The molecule has 0 radical (unpaired) electrons. The minimum absolute atomic E-state index is 0.0991. The van der Waals surface area contributed by atoms with Crippen LogP contribution in [0.4, 0.5) is 5.69 Å². The third kappa shape index (κ3) is 6.67. The van der Waals surface area contributed by atoms with Crippen LogP contribution in [0, 0.1) is 6.92 Å². The second-order valence-electron chi connectivity index (χ2n) is 10.9. The van der Waals surface area contributed by atoms with E-state index >= 15 is 0 Å². The lowest BCUT2D eigenvalue weighted by Crippen LogP contribution is -2.38. The zero-order chi connectivity index (χ0) is 30.5. The molecule has 0 unspecified atom stereocenters. The maximum absolute atomic E-state index is 13.8. The first-order valence-electron chi connectivity index (χ1n) is 14.8. The summed E-state index contributed by atoms with van der Waals surface area (Å²) >= 11 is 0. The van der Waals surface area contributed by atoms with Crippen molar-refractivity contribution in [1.29, 1.82) is 0 Å². The van der Waals surface area contributed by atoms with E-state index in [4.69, 9.17) is 14.5 Å². The van der Waals surface area contributed by atoms with Crippen LogP contribution in [-0.2, 0) is 11.3 Å². The van der Waals surface area contributed by atoms with Crippen LogP contribution < -0.4 is 9.64 Å². The highest BCUT2D eigenvalue weighted by molar-refractivity contribution is 6.08. The van der Waals surface area contributed by atoms with Gasteiger partial charge in [-0.15, -0.1) is 0 Å². The van der Waals surface area contributed by atoms with Crippen LogP contribution in [0.1, 0.15) is 21.5 Å². The number of aromatic hydroxyl groups is 2. The fraction of sp³-hybridized carbons (Fsp3) is 0.222. The van der Waals surface area contributed by atoms with Crippen molar-refractivity contribution in [3.63, 3.8) is 0 Å². The van der Waals surface area contributed by atoms with E-state index in [1.54, 1.807) is 4.90 Å². The third-order valence-corrected chi connectivity index (χ3v) is 7.87. The Kier molecular flexibility index (Phi) is 8.72. The van der Waals surface area contributed by atoms with Crippen molar-refractivity contribution < 1.29 is 24.5 Å². The van der Waals surface area contributed by atoms with Gasteiger partial charge in [-0.25, -0.2) is 4.98 Å². The number of ether oxygens (including phenoxy) is 2. The van der Waals surface area contributed by atoms with Gasteiger partial charge in [-0.05, 0) is 66.6 Å². The molecular weight excluding hydrogens is 554 g/mol. The van der Waals surface area contributed by atoms with Crippen LogP contribution in [0.15, 0.2) is 97.1 Å². The number of anilines is 1. The van der Waals surface area contributed by atoms with Crippen LogP contribution in [-0.4, -0.2) is 65.5 Å². The number of phenols is 2. The second kappa shape index (κ2) is 13.2. The van der Waals surface area contributed by atoms with Crippen molar-refractivity contribution in [1.82, 2.24) is 9.88 Å². The molecule has 0 atom stereocenters. The molecule has 2 heterocycles. The fourth-order valence-corrected chi connectivity index (χ4v) is 5.43. The molecule has 0 bridgehead atoms. The molecule has 1 amide bonds. The topological polar surface area (TPSA) is 95.4 Å². The molecule has 2 N–H and O–H groups in total. The number of aryl methyl sites for hydroxylation is 1. The number of aromatic nitrogens is 1. The van der Waals surface area contributed by atoms with Gasteiger partial charge in [0.25, 0.3) is 5.91 Å². The second-order valence-corrected chi connectivity index (χ2v) is 10.9. The van der Waals surface area contributed by atoms with Gasteiger partial charge >= 0.3 is 0 Å². The van der Waals surface area contributed by atoms with E-state index in [0.717, 1.165) is 71.9 Å². The van der Waals surface area contributed by atoms with Crippen molar-refractivity contribution in [2.24, 2.45) is 0 Å². The van der Waals surface area contributed by atoms with Gasteiger partial charge in [-0.3, -0.25) is 9.69 Å². The number of phenolic OH excluding ortho intramolecular Hbond substituents is 2. The Morgan fingerprint density at radius 3 is 2.43 bits per heavy atom. The molecule has 224 valence electrons. The Morgan fingerprint density at radius 2 is 1.68 bits per heavy atom. The van der Waals surface area contributed by atoms with E-state index < -0.39 is 0 Å². The zero-order valence-corrected chi connectivity index (χ0v) is 24.6. The van der Waals surface area contributed by atoms with Gasteiger partial charge in [-0.2, -0.15) is 0 Å². The van der Waals surface area contributed by atoms with Crippen LogP contribution >= 0.6 is 0 Å². The highest BCUT2D eigenvalue weighted by Crippen LogP contribution is 2.31.